The molecule has 2 heteroatoms. The van der Waals surface area contributed by atoms with Crippen molar-refractivity contribution in [3.8, 4) is 0 Å². The van der Waals surface area contributed by atoms with Gasteiger partial charge in [-0.15, -0.1) is 0 Å². The molecule has 0 heterocycles. The zero-order valence-electron chi connectivity index (χ0n) is 5.26. The van der Waals surface area contributed by atoms with Crippen LogP contribution in [0.2, 0.25) is 0 Å². The summed E-state index contributed by atoms with van der Waals surface area (Å²) in [6.45, 7) is 1.94. The summed E-state index contributed by atoms with van der Waals surface area (Å²) in [7, 11) is 0. The lowest BCUT2D eigenvalue weighted by Gasteiger charge is -2.18. The van der Waals surface area contributed by atoms with Crippen LogP contribution in [0.4, 0.5) is 0 Å². The summed E-state index contributed by atoms with van der Waals surface area (Å²) in [4.78, 5) is 0. The zero-order chi connectivity index (χ0) is 6.91. The number of alkyl halides is 1. The van der Waals surface area contributed by atoms with Gasteiger partial charge in [0.2, 0.25) is 0 Å². The van der Waals surface area contributed by atoms with Crippen LogP contribution in [0.15, 0.2) is 23.8 Å². The van der Waals surface area contributed by atoms with E-state index in [4.69, 9.17) is 11.6 Å². The van der Waals surface area contributed by atoms with Crippen molar-refractivity contribution in [3.05, 3.63) is 23.8 Å². The van der Waals surface area contributed by atoms with Crippen molar-refractivity contribution in [1.82, 2.24) is 0 Å². The SMILES string of the molecule is CC1=CC=CC(O)(Cl)C1. The second-order valence-electron chi connectivity index (χ2n) is 2.37. The molecule has 1 aliphatic carbocycles. The molecule has 0 amide bonds. The summed E-state index contributed by atoms with van der Waals surface area (Å²) >= 11 is 5.59. The zero-order valence-corrected chi connectivity index (χ0v) is 6.02. The first-order chi connectivity index (χ1) is 4.10. The number of hydrogen-bond donors (Lipinski definition) is 1. The Morgan fingerprint density at radius 3 is 2.78 bits per heavy atom. The number of aliphatic hydroxyl groups is 1. The van der Waals surface area contributed by atoms with E-state index in [2.05, 4.69) is 0 Å². The van der Waals surface area contributed by atoms with Gasteiger partial charge in [-0.25, -0.2) is 0 Å². The highest BCUT2D eigenvalue weighted by Crippen LogP contribution is 2.25. The Morgan fingerprint density at radius 1 is 1.78 bits per heavy atom. The molecule has 0 aromatic rings. The molecule has 9 heavy (non-hydrogen) atoms. The average molecular weight is 145 g/mol. The molecule has 0 bridgehead atoms. The molecular formula is C7H9ClO. The maximum atomic E-state index is 9.18. The van der Waals surface area contributed by atoms with Crippen molar-refractivity contribution in [2.45, 2.75) is 18.4 Å². The monoisotopic (exact) mass is 144 g/mol. The van der Waals surface area contributed by atoms with Crippen LogP contribution < -0.4 is 0 Å². The minimum atomic E-state index is -1.13. The van der Waals surface area contributed by atoms with Crippen molar-refractivity contribution in [1.29, 1.82) is 0 Å². The lowest BCUT2D eigenvalue weighted by molar-refractivity contribution is 0.178. The second kappa shape index (κ2) is 2.16. The third-order valence-corrected chi connectivity index (χ3v) is 1.52. The van der Waals surface area contributed by atoms with E-state index in [0.29, 0.717) is 6.42 Å². The lowest BCUT2D eigenvalue weighted by Crippen LogP contribution is -2.18. The molecule has 0 aromatic heterocycles. The molecule has 50 valence electrons. The first-order valence-electron chi connectivity index (χ1n) is 2.86. The summed E-state index contributed by atoms with van der Waals surface area (Å²) in [5.74, 6) is 0. The van der Waals surface area contributed by atoms with Crippen molar-refractivity contribution in [3.63, 3.8) is 0 Å². The molecule has 0 spiro atoms. The van der Waals surface area contributed by atoms with E-state index in [0.717, 1.165) is 5.57 Å². The Kier molecular flexibility index (Phi) is 1.64. The molecule has 0 aromatic carbocycles. The summed E-state index contributed by atoms with van der Waals surface area (Å²) in [5.41, 5.74) is 1.11. The van der Waals surface area contributed by atoms with Gasteiger partial charge in [-0.05, 0) is 13.0 Å². The van der Waals surface area contributed by atoms with Crippen LogP contribution in [-0.2, 0) is 0 Å². The molecule has 1 N–H and O–H groups in total. The summed E-state index contributed by atoms with van der Waals surface area (Å²) < 4.78 is 0. The second-order valence-corrected chi connectivity index (χ2v) is 3.02. The quantitative estimate of drug-likeness (QED) is 0.515. The van der Waals surface area contributed by atoms with Crippen molar-refractivity contribution in [2.24, 2.45) is 0 Å². The van der Waals surface area contributed by atoms with E-state index in [-0.39, 0.29) is 0 Å². The van der Waals surface area contributed by atoms with Gasteiger partial charge >= 0.3 is 0 Å². The fourth-order valence-electron chi connectivity index (χ4n) is 0.869. The Hall–Kier alpha value is -0.270. The fraction of sp³-hybridized carbons (Fsp3) is 0.429. The molecule has 0 saturated carbocycles. The van der Waals surface area contributed by atoms with Crippen LogP contribution in [0, 0.1) is 0 Å². The Balaban J connectivity index is 2.73. The van der Waals surface area contributed by atoms with Crippen molar-refractivity contribution in [2.75, 3.05) is 0 Å². The standard InChI is InChI=1S/C7H9ClO/c1-6-3-2-4-7(8,9)5-6/h2-4,9H,5H2,1H3. The molecule has 0 saturated heterocycles. The number of allylic oxidation sites excluding steroid dienone is 2. The van der Waals surface area contributed by atoms with Crippen molar-refractivity contribution < 1.29 is 5.11 Å². The maximum Gasteiger partial charge on any atom is 0.161 e. The van der Waals surface area contributed by atoms with E-state index >= 15 is 0 Å². The largest absolute Gasteiger partial charge is 0.371 e. The summed E-state index contributed by atoms with van der Waals surface area (Å²) in [5, 5.41) is 8.06. The normalized spacial score (nSPS) is 34.3. The Morgan fingerprint density at radius 2 is 2.44 bits per heavy atom. The third-order valence-electron chi connectivity index (χ3n) is 1.26. The topological polar surface area (TPSA) is 20.2 Å². The highest BCUT2D eigenvalue weighted by Gasteiger charge is 2.21. The van der Waals surface area contributed by atoms with E-state index in [1.807, 2.05) is 13.0 Å². The minimum Gasteiger partial charge on any atom is -0.371 e. The van der Waals surface area contributed by atoms with Gasteiger partial charge in [0.1, 0.15) is 0 Å². The number of rotatable bonds is 0. The third kappa shape index (κ3) is 1.84. The van der Waals surface area contributed by atoms with Crippen LogP contribution in [0.5, 0.6) is 0 Å². The average Bonchev–Trinajstić information content (AvgIpc) is 1.60. The van der Waals surface area contributed by atoms with Crippen LogP contribution in [0.25, 0.3) is 0 Å². The van der Waals surface area contributed by atoms with E-state index in [1.165, 1.54) is 0 Å². The first-order valence-corrected chi connectivity index (χ1v) is 3.24. The first kappa shape index (κ1) is 6.84. The van der Waals surface area contributed by atoms with Gasteiger partial charge in [-0.2, -0.15) is 0 Å². The minimum absolute atomic E-state index is 0.533. The summed E-state index contributed by atoms with van der Waals surface area (Å²) in [6, 6.07) is 0. The van der Waals surface area contributed by atoms with E-state index in [1.54, 1.807) is 12.2 Å². The Bertz CT molecular complexity index is 168. The molecule has 1 atom stereocenters. The molecule has 1 aliphatic rings. The summed E-state index contributed by atoms with van der Waals surface area (Å²) in [6.07, 6.45) is 5.83. The van der Waals surface area contributed by atoms with Crippen LogP contribution >= 0.6 is 11.6 Å². The molecule has 1 unspecified atom stereocenters. The molecule has 0 radical (unpaired) electrons. The molecule has 1 rings (SSSR count). The molecular weight excluding hydrogens is 136 g/mol. The van der Waals surface area contributed by atoms with Gasteiger partial charge in [0, 0.05) is 6.42 Å². The van der Waals surface area contributed by atoms with Gasteiger partial charge in [0.25, 0.3) is 0 Å². The molecule has 0 fully saturated rings. The van der Waals surface area contributed by atoms with Gasteiger partial charge in [0.15, 0.2) is 5.06 Å². The Labute approximate surface area is 59.6 Å². The van der Waals surface area contributed by atoms with E-state index in [9.17, 15) is 5.11 Å². The van der Waals surface area contributed by atoms with Gasteiger partial charge < -0.3 is 5.11 Å². The van der Waals surface area contributed by atoms with Crippen LogP contribution in [-0.4, -0.2) is 10.2 Å². The number of hydrogen-bond acceptors (Lipinski definition) is 1. The smallest absolute Gasteiger partial charge is 0.161 e. The van der Waals surface area contributed by atoms with Gasteiger partial charge in [-0.1, -0.05) is 29.3 Å². The molecule has 1 nitrogen and oxygen atoms in total. The predicted molar refractivity (Wildman–Crippen MR) is 38.3 cm³/mol. The molecule has 0 aliphatic heterocycles. The maximum absolute atomic E-state index is 9.18. The lowest BCUT2D eigenvalue weighted by atomic mass is 10.0. The van der Waals surface area contributed by atoms with Crippen LogP contribution in [0.1, 0.15) is 13.3 Å². The number of halogens is 1. The fourth-order valence-corrected chi connectivity index (χ4v) is 1.15. The predicted octanol–water partition coefficient (Wildman–Crippen LogP) is 1.82. The van der Waals surface area contributed by atoms with E-state index < -0.39 is 5.06 Å². The highest BCUT2D eigenvalue weighted by molar-refractivity contribution is 6.24. The van der Waals surface area contributed by atoms with Crippen LogP contribution in [0.3, 0.4) is 0 Å². The van der Waals surface area contributed by atoms with Gasteiger partial charge in [0.05, 0.1) is 0 Å². The highest BCUT2D eigenvalue weighted by atomic mass is 35.5. The van der Waals surface area contributed by atoms with Gasteiger partial charge in [-0.3, -0.25) is 0 Å². The van der Waals surface area contributed by atoms with Crippen molar-refractivity contribution >= 4 is 11.6 Å².